The second kappa shape index (κ2) is 5.05. The molecule has 1 aromatic heterocycles. The van der Waals surface area contributed by atoms with Gasteiger partial charge in [0.05, 0.1) is 9.40 Å². The molecule has 0 amide bonds. The second-order valence-corrected chi connectivity index (χ2v) is 4.01. The van der Waals surface area contributed by atoms with E-state index in [9.17, 15) is 14.5 Å². The summed E-state index contributed by atoms with van der Waals surface area (Å²) in [7, 11) is 0. The van der Waals surface area contributed by atoms with Gasteiger partial charge in [-0.1, -0.05) is 0 Å². The van der Waals surface area contributed by atoms with Crippen molar-refractivity contribution in [3.63, 3.8) is 0 Å². The lowest BCUT2D eigenvalue weighted by Gasteiger charge is -2.05. The molecule has 0 fully saturated rings. The van der Waals surface area contributed by atoms with Crippen LogP contribution < -0.4 is 4.74 Å². The van der Waals surface area contributed by atoms with Gasteiger partial charge in [-0.15, -0.1) is 0 Å². The van der Waals surface area contributed by atoms with Crippen LogP contribution >= 0.6 is 15.9 Å². The predicted molar refractivity (Wildman–Crippen MR) is 62.9 cm³/mol. The number of hydrogen-bond donors (Lipinski definition) is 0. The van der Waals surface area contributed by atoms with Crippen molar-refractivity contribution in [2.45, 2.75) is 0 Å². The van der Waals surface area contributed by atoms with Crippen molar-refractivity contribution < 1.29 is 14.1 Å². The van der Waals surface area contributed by atoms with Crippen molar-refractivity contribution in [1.82, 2.24) is 9.97 Å². The fourth-order valence-electron chi connectivity index (χ4n) is 1.11. The number of aromatic nitrogens is 2. The van der Waals surface area contributed by atoms with Gasteiger partial charge in [-0.2, -0.15) is 9.97 Å². The van der Waals surface area contributed by atoms with Crippen LogP contribution in [0.5, 0.6) is 11.8 Å². The first-order chi connectivity index (χ1) is 8.56. The lowest BCUT2D eigenvalue weighted by atomic mass is 10.3. The van der Waals surface area contributed by atoms with E-state index >= 15 is 0 Å². The highest BCUT2D eigenvalue weighted by molar-refractivity contribution is 9.10. The van der Waals surface area contributed by atoms with Gasteiger partial charge in [0.15, 0.2) is 0 Å². The van der Waals surface area contributed by atoms with Crippen molar-refractivity contribution >= 4 is 21.6 Å². The van der Waals surface area contributed by atoms with Gasteiger partial charge >= 0.3 is 11.7 Å². The number of hydrogen-bond acceptors (Lipinski definition) is 5. The van der Waals surface area contributed by atoms with E-state index in [1.807, 2.05) is 0 Å². The first-order valence-electron chi connectivity index (χ1n) is 4.65. The van der Waals surface area contributed by atoms with Gasteiger partial charge in [-0.3, -0.25) is 10.1 Å². The summed E-state index contributed by atoms with van der Waals surface area (Å²) in [5.41, 5.74) is -0.236. The fourth-order valence-corrected chi connectivity index (χ4v) is 1.54. The summed E-state index contributed by atoms with van der Waals surface area (Å²) < 4.78 is 18.5. The van der Waals surface area contributed by atoms with Gasteiger partial charge in [0.1, 0.15) is 24.0 Å². The third-order valence-corrected chi connectivity index (χ3v) is 2.54. The Morgan fingerprint density at radius 2 is 2.00 bits per heavy atom. The molecule has 2 aromatic rings. The summed E-state index contributed by atoms with van der Waals surface area (Å²) in [5, 5.41) is 10.4. The van der Waals surface area contributed by atoms with E-state index in [1.54, 1.807) is 0 Å². The molecule has 18 heavy (non-hydrogen) atoms. The van der Waals surface area contributed by atoms with Crippen molar-refractivity contribution in [2.75, 3.05) is 0 Å². The molecule has 2 rings (SSSR count). The summed E-state index contributed by atoms with van der Waals surface area (Å²) in [6.07, 6.45) is 2.06. The van der Waals surface area contributed by atoms with Gasteiger partial charge in [-0.05, 0) is 34.1 Å². The van der Waals surface area contributed by atoms with Crippen LogP contribution in [-0.2, 0) is 0 Å². The van der Waals surface area contributed by atoms with Crippen molar-refractivity contribution in [3.8, 4) is 11.8 Å². The van der Waals surface area contributed by atoms with Crippen molar-refractivity contribution in [1.29, 1.82) is 0 Å². The molecule has 0 atom stereocenters. The van der Waals surface area contributed by atoms with E-state index in [2.05, 4.69) is 25.9 Å². The van der Waals surface area contributed by atoms with Crippen molar-refractivity contribution in [3.05, 3.63) is 51.0 Å². The third kappa shape index (κ3) is 2.77. The molecule has 0 radical (unpaired) electrons. The molecule has 0 spiro atoms. The molecule has 0 N–H and O–H groups in total. The van der Waals surface area contributed by atoms with E-state index in [4.69, 9.17) is 4.74 Å². The molecule has 92 valence electrons. The van der Waals surface area contributed by atoms with E-state index < -0.39 is 10.7 Å². The van der Waals surface area contributed by atoms with Gasteiger partial charge in [0.25, 0.3) is 0 Å². The van der Waals surface area contributed by atoms with Crippen LogP contribution in [0.3, 0.4) is 0 Å². The standard InChI is InChI=1S/C10H5BrFN3O3/c11-8-3-6(12)1-2-9(8)18-10-13-4-7(5-14-10)15(16)17/h1-5H. The smallest absolute Gasteiger partial charge is 0.322 e. The Morgan fingerprint density at radius 1 is 1.33 bits per heavy atom. The van der Waals surface area contributed by atoms with Crippen molar-refractivity contribution in [2.24, 2.45) is 0 Å². The van der Waals surface area contributed by atoms with Crippen LogP contribution in [0.1, 0.15) is 0 Å². The summed E-state index contributed by atoms with van der Waals surface area (Å²) in [6.45, 7) is 0. The summed E-state index contributed by atoms with van der Waals surface area (Å²) >= 11 is 3.11. The average molecular weight is 314 g/mol. The Morgan fingerprint density at radius 3 is 2.56 bits per heavy atom. The van der Waals surface area contributed by atoms with Gasteiger partial charge in [-0.25, -0.2) is 4.39 Å². The van der Waals surface area contributed by atoms with Crippen LogP contribution in [0.25, 0.3) is 0 Å². The van der Waals surface area contributed by atoms with Gasteiger partial charge in [0, 0.05) is 0 Å². The first kappa shape index (κ1) is 12.4. The summed E-state index contributed by atoms with van der Waals surface area (Å²) in [4.78, 5) is 17.1. The zero-order chi connectivity index (χ0) is 13.1. The predicted octanol–water partition coefficient (Wildman–Crippen LogP) is 3.08. The molecule has 0 saturated heterocycles. The maximum Gasteiger partial charge on any atom is 0.322 e. The maximum atomic E-state index is 12.8. The topological polar surface area (TPSA) is 78.2 Å². The van der Waals surface area contributed by atoms with Crippen LogP contribution in [0.15, 0.2) is 35.1 Å². The molecule has 0 bridgehead atoms. The lowest BCUT2D eigenvalue weighted by Crippen LogP contribution is -1.95. The number of halogens is 2. The van der Waals surface area contributed by atoms with Gasteiger partial charge < -0.3 is 4.74 Å². The Labute approximate surface area is 109 Å². The monoisotopic (exact) mass is 313 g/mol. The molecule has 1 heterocycles. The molecule has 1 aromatic carbocycles. The summed E-state index contributed by atoms with van der Waals surface area (Å²) in [6, 6.07) is 3.77. The van der Waals surface area contributed by atoms with E-state index in [1.165, 1.54) is 18.2 Å². The van der Waals surface area contributed by atoms with E-state index in [-0.39, 0.29) is 11.7 Å². The number of rotatable bonds is 3. The largest absolute Gasteiger partial charge is 0.423 e. The fraction of sp³-hybridized carbons (Fsp3) is 0. The highest BCUT2D eigenvalue weighted by Crippen LogP contribution is 2.28. The van der Waals surface area contributed by atoms with Crippen LogP contribution in [0, 0.1) is 15.9 Å². The number of nitrogens with zero attached hydrogens (tertiary/aromatic N) is 3. The van der Waals surface area contributed by atoms with Crippen LogP contribution in [0.4, 0.5) is 10.1 Å². The third-order valence-electron chi connectivity index (χ3n) is 1.92. The molecule has 0 saturated carbocycles. The Balaban J connectivity index is 2.21. The van der Waals surface area contributed by atoms with Crippen LogP contribution in [-0.4, -0.2) is 14.9 Å². The maximum absolute atomic E-state index is 12.8. The molecule has 0 unspecified atom stereocenters. The summed E-state index contributed by atoms with van der Waals surface area (Å²) in [5.74, 6) is -0.107. The minimum Gasteiger partial charge on any atom is -0.423 e. The van der Waals surface area contributed by atoms with Crippen LogP contribution in [0.2, 0.25) is 0 Å². The first-order valence-corrected chi connectivity index (χ1v) is 5.45. The van der Waals surface area contributed by atoms with Gasteiger partial charge in [0.2, 0.25) is 0 Å². The molecule has 6 nitrogen and oxygen atoms in total. The number of nitro groups is 1. The minimum atomic E-state index is -0.614. The molecule has 0 aliphatic heterocycles. The second-order valence-electron chi connectivity index (χ2n) is 3.16. The Kier molecular flexibility index (Phi) is 3.47. The highest BCUT2D eigenvalue weighted by Gasteiger charge is 2.09. The minimum absolute atomic E-state index is 0.0621. The zero-order valence-corrected chi connectivity index (χ0v) is 10.3. The highest BCUT2D eigenvalue weighted by atomic mass is 79.9. The quantitative estimate of drug-likeness (QED) is 0.642. The molecular formula is C10H5BrFN3O3. The Hall–Kier alpha value is -2.09. The SMILES string of the molecule is O=[N+]([O-])c1cnc(Oc2ccc(F)cc2Br)nc1. The molecule has 8 heteroatoms. The molecular weight excluding hydrogens is 309 g/mol. The average Bonchev–Trinajstić information content (AvgIpc) is 2.33. The number of benzene rings is 1. The Bertz CT molecular complexity index is 591. The lowest BCUT2D eigenvalue weighted by molar-refractivity contribution is -0.385. The zero-order valence-electron chi connectivity index (χ0n) is 8.71. The van der Waals surface area contributed by atoms with E-state index in [0.717, 1.165) is 12.4 Å². The number of ether oxygens (including phenoxy) is 1. The molecule has 0 aliphatic carbocycles. The molecule has 0 aliphatic rings. The van der Waals surface area contributed by atoms with E-state index in [0.29, 0.717) is 10.2 Å². The normalized spacial score (nSPS) is 10.1.